The van der Waals surface area contributed by atoms with Crippen LogP contribution < -0.4 is 9.47 Å². The van der Waals surface area contributed by atoms with Gasteiger partial charge in [0.25, 0.3) is 0 Å². The number of esters is 2. The molecule has 36 heavy (non-hydrogen) atoms. The standard InChI is InChI=1S/C29H32O7/c1-5-6-7-8-19-12-25(32)27(24-11-18(4)9-10-23(24)17(2)3)26(13-19)36-29(34)28(33)35-22-15-20(30)14-21(31)16-22/h9-17,30-32H,5-8H2,1-4H3. The number of phenols is 3. The first-order valence-electron chi connectivity index (χ1n) is 12.0. The number of carbonyl (C=O) groups excluding carboxylic acids is 2. The Morgan fingerprint density at radius 2 is 1.53 bits per heavy atom. The van der Waals surface area contributed by atoms with Crippen molar-refractivity contribution in [1.82, 2.24) is 0 Å². The molecule has 3 N–H and O–H groups in total. The van der Waals surface area contributed by atoms with E-state index in [1.54, 1.807) is 12.1 Å². The number of carbonyl (C=O) groups is 2. The van der Waals surface area contributed by atoms with Crippen LogP contribution in [0, 0.1) is 6.92 Å². The number of hydrogen-bond acceptors (Lipinski definition) is 7. The maximum atomic E-state index is 12.7. The Balaban J connectivity index is 2.01. The number of rotatable bonds is 8. The van der Waals surface area contributed by atoms with Gasteiger partial charge in [-0.2, -0.15) is 0 Å². The van der Waals surface area contributed by atoms with Crippen molar-refractivity contribution in [2.75, 3.05) is 0 Å². The summed E-state index contributed by atoms with van der Waals surface area (Å²) in [7, 11) is 0. The van der Waals surface area contributed by atoms with E-state index in [1.807, 2.05) is 39.0 Å². The molecule has 3 aromatic carbocycles. The molecule has 7 nitrogen and oxygen atoms in total. The average Bonchev–Trinajstić information content (AvgIpc) is 2.78. The average molecular weight is 493 g/mol. The van der Waals surface area contributed by atoms with E-state index in [4.69, 9.17) is 9.47 Å². The molecular formula is C29H32O7. The molecule has 0 atom stereocenters. The first-order valence-corrected chi connectivity index (χ1v) is 12.0. The Morgan fingerprint density at radius 1 is 0.861 bits per heavy atom. The van der Waals surface area contributed by atoms with E-state index in [9.17, 15) is 24.9 Å². The molecule has 0 bridgehead atoms. The van der Waals surface area contributed by atoms with Crippen LogP contribution >= 0.6 is 0 Å². The van der Waals surface area contributed by atoms with Crippen LogP contribution in [0.25, 0.3) is 11.1 Å². The molecule has 0 aliphatic heterocycles. The maximum Gasteiger partial charge on any atom is 0.423 e. The number of unbranched alkanes of at least 4 members (excludes halogenated alkanes) is 2. The van der Waals surface area contributed by atoms with Gasteiger partial charge in [0.1, 0.15) is 28.7 Å². The lowest BCUT2D eigenvalue weighted by Gasteiger charge is -2.19. The highest BCUT2D eigenvalue weighted by molar-refractivity contribution is 6.31. The monoisotopic (exact) mass is 492 g/mol. The molecule has 0 fully saturated rings. The molecule has 0 saturated heterocycles. The fourth-order valence-corrected chi connectivity index (χ4v) is 4.04. The van der Waals surface area contributed by atoms with Gasteiger partial charge in [-0.15, -0.1) is 0 Å². The summed E-state index contributed by atoms with van der Waals surface area (Å²) in [5.74, 6) is -3.40. The molecule has 3 rings (SSSR count). The van der Waals surface area contributed by atoms with Gasteiger partial charge in [0, 0.05) is 18.2 Å². The summed E-state index contributed by atoms with van der Waals surface area (Å²) in [6.45, 7) is 8.07. The molecule has 0 amide bonds. The zero-order valence-corrected chi connectivity index (χ0v) is 21.0. The SMILES string of the molecule is CCCCCc1cc(O)c(-c2cc(C)ccc2C(C)C)c(OC(=O)C(=O)Oc2cc(O)cc(O)c2)c1. The zero-order valence-electron chi connectivity index (χ0n) is 21.0. The smallest absolute Gasteiger partial charge is 0.423 e. The molecule has 0 aromatic heterocycles. The Morgan fingerprint density at radius 3 is 2.17 bits per heavy atom. The highest BCUT2D eigenvalue weighted by Gasteiger charge is 2.25. The van der Waals surface area contributed by atoms with Gasteiger partial charge < -0.3 is 24.8 Å². The summed E-state index contributed by atoms with van der Waals surface area (Å²) < 4.78 is 10.5. The van der Waals surface area contributed by atoms with Gasteiger partial charge in [0.05, 0.1) is 5.56 Å². The number of phenolic OH excluding ortho intramolecular Hbond substituents is 3. The Bertz CT molecular complexity index is 1240. The van der Waals surface area contributed by atoms with E-state index in [1.165, 1.54) is 0 Å². The van der Waals surface area contributed by atoms with Crippen LogP contribution in [0.5, 0.6) is 28.7 Å². The molecule has 7 heteroatoms. The highest BCUT2D eigenvalue weighted by atomic mass is 16.6. The van der Waals surface area contributed by atoms with E-state index >= 15 is 0 Å². The highest BCUT2D eigenvalue weighted by Crippen LogP contribution is 2.43. The van der Waals surface area contributed by atoms with Crippen LogP contribution in [0.2, 0.25) is 0 Å². The van der Waals surface area contributed by atoms with Crippen molar-refractivity contribution < 1.29 is 34.4 Å². The summed E-state index contributed by atoms with van der Waals surface area (Å²) in [5, 5.41) is 30.2. The molecular weight excluding hydrogens is 460 g/mol. The van der Waals surface area contributed by atoms with Gasteiger partial charge in [-0.1, -0.05) is 57.4 Å². The summed E-state index contributed by atoms with van der Waals surface area (Å²) in [5.41, 5.74) is 3.71. The predicted octanol–water partition coefficient (Wildman–Crippen LogP) is 6.15. The molecule has 190 valence electrons. The third-order valence-electron chi connectivity index (χ3n) is 5.77. The summed E-state index contributed by atoms with van der Waals surface area (Å²) in [6.07, 6.45) is 3.61. The minimum Gasteiger partial charge on any atom is -0.508 e. The van der Waals surface area contributed by atoms with E-state index in [-0.39, 0.29) is 34.7 Å². The van der Waals surface area contributed by atoms with Crippen LogP contribution in [0.3, 0.4) is 0 Å². The number of aromatic hydroxyl groups is 3. The largest absolute Gasteiger partial charge is 0.508 e. The van der Waals surface area contributed by atoms with Gasteiger partial charge in [-0.3, -0.25) is 0 Å². The van der Waals surface area contributed by atoms with Crippen LogP contribution in [-0.4, -0.2) is 27.3 Å². The molecule has 0 heterocycles. The van der Waals surface area contributed by atoms with Gasteiger partial charge in [-0.25, -0.2) is 9.59 Å². The lowest BCUT2D eigenvalue weighted by atomic mass is 9.89. The van der Waals surface area contributed by atoms with Gasteiger partial charge in [0.2, 0.25) is 0 Å². The number of hydrogen-bond donors (Lipinski definition) is 3. The molecule has 3 aromatic rings. The first-order chi connectivity index (χ1) is 17.1. The third kappa shape index (κ3) is 6.56. The van der Waals surface area contributed by atoms with Crippen molar-refractivity contribution in [3.05, 3.63) is 65.2 Å². The number of ether oxygens (including phenoxy) is 2. The second kappa shape index (κ2) is 11.6. The van der Waals surface area contributed by atoms with E-state index in [2.05, 4.69) is 6.92 Å². The Labute approximate surface area is 210 Å². The van der Waals surface area contributed by atoms with Gasteiger partial charge >= 0.3 is 11.9 Å². The van der Waals surface area contributed by atoms with Gasteiger partial charge in [0.15, 0.2) is 0 Å². The van der Waals surface area contributed by atoms with Crippen molar-refractivity contribution in [3.63, 3.8) is 0 Å². The summed E-state index contributed by atoms with van der Waals surface area (Å²) >= 11 is 0. The van der Waals surface area contributed by atoms with Gasteiger partial charge in [-0.05, 0) is 54.5 Å². The zero-order chi connectivity index (χ0) is 26.4. The van der Waals surface area contributed by atoms with E-state index < -0.39 is 11.9 Å². The van der Waals surface area contributed by atoms with Crippen LogP contribution in [0.1, 0.15) is 62.6 Å². The van der Waals surface area contributed by atoms with Crippen LogP contribution in [0.4, 0.5) is 0 Å². The minimum absolute atomic E-state index is 0.0504. The second-order valence-electron chi connectivity index (χ2n) is 9.15. The lowest BCUT2D eigenvalue weighted by Crippen LogP contribution is -2.25. The van der Waals surface area contributed by atoms with Crippen molar-refractivity contribution in [2.24, 2.45) is 0 Å². The first kappa shape index (κ1) is 26.6. The normalized spacial score (nSPS) is 10.9. The molecule has 0 saturated carbocycles. The van der Waals surface area contributed by atoms with Crippen LogP contribution in [-0.2, 0) is 16.0 Å². The molecule has 0 aliphatic carbocycles. The molecule has 0 aliphatic rings. The van der Waals surface area contributed by atoms with Crippen molar-refractivity contribution >= 4 is 11.9 Å². The molecule has 0 spiro atoms. The van der Waals surface area contributed by atoms with E-state index in [0.717, 1.165) is 54.2 Å². The quantitative estimate of drug-likeness (QED) is 0.150. The number of benzene rings is 3. The summed E-state index contributed by atoms with van der Waals surface area (Å²) in [6, 6.07) is 12.4. The van der Waals surface area contributed by atoms with Crippen molar-refractivity contribution in [3.8, 4) is 39.9 Å². The predicted molar refractivity (Wildman–Crippen MR) is 137 cm³/mol. The summed E-state index contributed by atoms with van der Waals surface area (Å²) in [4.78, 5) is 25.2. The fourth-order valence-electron chi connectivity index (χ4n) is 4.04. The van der Waals surface area contributed by atoms with Crippen molar-refractivity contribution in [2.45, 2.75) is 59.3 Å². The van der Waals surface area contributed by atoms with E-state index in [0.29, 0.717) is 17.5 Å². The molecule has 0 unspecified atom stereocenters. The fraction of sp³-hybridized carbons (Fsp3) is 0.310. The number of aryl methyl sites for hydroxylation is 2. The Hall–Kier alpha value is -4.00. The van der Waals surface area contributed by atoms with Crippen LogP contribution in [0.15, 0.2) is 48.5 Å². The molecule has 0 radical (unpaired) electrons. The maximum absolute atomic E-state index is 12.7. The topological polar surface area (TPSA) is 113 Å². The Kier molecular flexibility index (Phi) is 8.59. The third-order valence-corrected chi connectivity index (χ3v) is 5.77. The van der Waals surface area contributed by atoms with Crippen molar-refractivity contribution in [1.29, 1.82) is 0 Å². The lowest BCUT2D eigenvalue weighted by molar-refractivity contribution is -0.156. The minimum atomic E-state index is -1.34. The second-order valence-corrected chi connectivity index (χ2v) is 9.15.